The fourth-order valence-electron chi connectivity index (χ4n) is 2.58. The van der Waals surface area contributed by atoms with E-state index in [0.29, 0.717) is 6.61 Å². The number of fused-ring (bicyclic) bond motifs is 1. The molecule has 0 aromatic heterocycles. The quantitative estimate of drug-likeness (QED) is 0.816. The van der Waals surface area contributed by atoms with Crippen LogP contribution in [0.25, 0.3) is 0 Å². The van der Waals surface area contributed by atoms with Crippen molar-refractivity contribution in [1.82, 2.24) is 10.2 Å². The van der Waals surface area contributed by atoms with E-state index in [4.69, 9.17) is 4.74 Å². The molecule has 96 valence electrons. The van der Waals surface area contributed by atoms with Crippen LogP contribution in [0.2, 0.25) is 0 Å². The average molecular weight is 246 g/mol. The number of urea groups is 1. The van der Waals surface area contributed by atoms with Crippen LogP contribution in [0, 0.1) is 0 Å². The van der Waals surface area contributed by atoms with Crippen LogP contribution in [0.3, 0.4) is 0 Å². The number of ether oxygens (including phenoxy) is 1. The summed E-state index contributed by atoms with van der Waals surface area (Å²) in [6, 6.07) is 8.58. The molecule has 0 bridgehead atoms. The standard InChI is InChI=1S/C14H18N2O2/c17-14(15-13-6-8-18-10-13)16-7-5-11-3-1-2-4-12(11)9-16/h1-4,13H,5-10H2,(H,15,17). The Morgan fingerprint density at radius 1 is 1.33 bits per heavy atom. The summed E-state index contributed by atoms with van der Waals surface area (Å²) in [7, 11) is 0. The van der Waals surface area contributed by atoms with E-state index in [-0.39, 0.29) is 12.1 Å². The molecule has 1 aromatic rings. The SMILES string of the molecule is O=C(NC1CCOC1)N1CCc2ccccc2C1. The molecule has 0 saturated carbocycles. The Balaban J connectivity index is 1.62. The fourth-order valence-corrected chi connectivity index (χ4v) is 2.58. The summed E-state index contributed by atoms with van der Waals surface area (Å²) in [6.07, 6.45) is 1.88. The number of nitrogens with zero attached hydrogens (tertiary/aromatic N) is 1. The van der Waals surface area contributed by atoms with E-state index in [1.165, 1.54) is 11.1 Å². The van der Waals surface area contributed by atoms with E-state index in [1.54, 1.807) is 0 Å². The molecular formula is C14H18N2O2. The van der Waals surface area contributed by atoms with Gasteiger partial charge in [0.05, 0.1) is 12.6 Å². The number of amides is 2. The molecule has 1 saturated heterocycles. The third kappa shape index (κ3) is 2.34. The summed E-state index contributed by atoms with van der Waals surface area (Å²) in [5.74, 6) is 0. The highest BCUT2D eigenvalue weighted by atomic mass is 16.5. The normalized spacial score (nSPS) is 22.7. The summed E-state index contributed by atoms with van der Waals surface area (Å²) >= 11 is 0. The van der Waals surface area contributed by atoms with Crippen LogP contribution < -0.4 is 5.32 Å². The first kappa shape index (κ1) is 11.5. The monoisotopic (exact) mass is 246 g/mol. The summed E-state index contributed by atoms with van der Waals surface area (Å²) in [6.45, 7) is 2.93. The van der Waals surface area contributed by atoms with Crippen molar-refractivity contribution in [2.75, 3.05) is 19.8 Å². The van der Waals surface area contributed by atoms with Gasteiger partial charge >= 0.3 is 6.03 Å². The highest BCUT2D eigenvalue weighted by molar-refractivity contribution is 5.75. The lowest BCUT2D eigenvalue weighted by molar-refractivity contribution is 0.175. The Hall–Kier alpha value is -1.55. The summed E-state index contributed by atoms with van der Waals surface area (Å²) in [5.41, 5.74) is 2.63. The number of nitrogens with one attached hydrogen (secondary N) is 1. The van der Waals surface area contributed by atoms with Crippen LogP contribution >= 0.6 is 0 Å². The third-order valence-corrected chi connectivity index (χ3v) is 3.68. The predicted octanol–water partition coefficient (Wildman–Crippen LogP) is 1.54. The van der Waals surface area contributed by atoms with Gasteiger partial charge < -0.3 is 15.0 Å². The molecule has 2 aliphatic heterocycles. The highest BCUT2D eigenvalue weighted by Crippen LogP contribution is 2.18. The number of carbonyl (C=O) groups is 1. The Bertz CT molecular complexity index is 441. The van der Waals surface area contributed by atoms with Gasteiger partial charge in [-0.05, 0) is 24.0 Å². The minimum Gasteiger partial charge on any atom is -0.379 e. The van der Waals surface area contributed by atoms with Gasteiger partial charge in [0.1, 0.15) is 0 Å². The smallest absolute Gasteiger partial charge is 0.318 e. The van der Waals surface area contributed by atoms with Crippen LogP contribution in [0.1, 0.15) is 17.5 Å². The van der Waals surface area contributed by atoms with Gasteiger partial charge in [0.25, 0.3) is 0 Å². The molecular weight excluding hydrogens is 228 g/mol. The molecule has 2 heterocycles. The van der Waals surface area contributed by atoms with Crippen LogP contribution in [0.5, 0.6) is 0 Å². The average Bonchev–Trinajstić information content (AvgIpc) is 2.91. The summed E-state index contributed by atoms with van der Waals surface area (Å²) in [4.78, 5) is 14.0. The maximum absolute atomic E-state index is 12.1. The Kier molecular flexibility index (Phi) is 3.19. The molecule has 0 spiro atoms. The zero-order chi connectivity index (χ0) is 12.4. The highest BCUT2D eigenvalue weighted by Gasteiger charge is 2.24. The number of benzene rings is 1. The minimum atomic E-state index is 0.0417. The molecule has 1 aromatic carbocycles. The van der Waals surface area contributed by atoms with Crippen molar-refractivity contribution in [3.8, 4) is 0 Å². The van der Waals surface area contributed by atoms with Gasteiger partial charge in [0.2, 0.25) is 0 Å². The molecule has 18 heavy (non-hydrogen) atoms. The van der Waals surface area contributed by atoms with Gasteiger partial charge in [-0.3, -0.25) is 0 Å². The number of hydrogen-bond donors (Lipinski definition) is 1. The van der Waals surface area contributed by atoms with Crippen molar-refractivity contribution in [3.05, 3.63) is 35.4 Å². The first-order valence-corrected chi connectivity index (χ1v) is 6.53. The van der Waals surface area contributed by atoms with Gasteiger partial charge in [-0.2, -0.15) is 0 Å². The zero-order valence-electron chi connectivity index (χ0n) is 10.4. The molecule has 0 radical (unpaired) electrons. The summed E-state index contributed by atoms with van der Waals surface area (Å²) < 4.78 is 5.27. The van der Waals surface area contributed by atoms with Crippen LogP contribution in [0.15, 0.2) is 24.3 Å². The van der Waals surface area contributed by atoms with E-state index >= 15 is 0 Å². The van der Waals surface area contributed by atoms with Crippen LogP contribution in [-0.2, 0) is 17.7 Å². The van der Waals surface area contributed by atoms with Crippen molar-refractivity contribution in [3.63, 3.8) is 0 Å². The second kappa shape index (κ2) is 4.98. The molecule has 4 nitrogen and oxygen atoms in total. The molecule has 2 aliphatic rings. The van der Waals surface area contributed by atoms with Gasteiger partial charge in [-0.1, -0.05) is 24.3 Å². The first-order valence-electron chi connectivity index (χ1n) is 6.53. The maximum Gasteiger partial charge on any atom is 0.318 e. The number of hydrogen-bond acceptors (Lipinski definition) is 2. The largest absolute Gasteiger partial charge is 0.379 e. The van der Waals surface area contributed by atoms with Crippen molar-refractivity contribution < 1.29 is 9.53 Å². The Morgan fingerprint density at radius 2 is 2.17 bits per heavy atom. The molecule has 1 unspecified atom stereocenters. The number of carbonyl (C=O) groups excluding carboxylic acids is 1. The van der Waals surface area contributed by atoms with E-state index in [0.717, 1.165) is 32.5 Å². The minimum absolute atomic E-state index is 0.0417. The summed E-state index contributed by atoms with van der Waals surface area (Å²) in [5, 5.41) is 3.04. The van der Waals surface area contributed by atoms with Crippen molar-refractivity contribution >= 4 is 6.03 Å². The van der Waals surface area contributed by atoms with Crippen molar-refractivity contribution in [2.24, 2.45) is 0 Å². The molecule has 4 heteroatoms. The van der Waals surface area contributed by atoms with E-state index in [1.807, 2.05) is 11.0 Å². The molecule has 1 fully saturated rings. The van der Waals surface area contributed by atoms with Gasteiger partial charge in [-0.25, -0.2) is 4.79 Å². The predicted molar refractivity (Wildman–Crippen MR) is 68.3 cm³/mol. The van der Waals surface area contributed by atoms with Gasteiger partial charge in [0, 0.05) is 19.7 Å². The third-order valence-electron chi connectivity index (χ3n) is 3.68. The van der Waals surface area contributed by atoms with Crippen LogP contribution in [0.4, 0.5) is 4.79 Å². The van der Waals surface area contributed by atoms with E-state index in [2.05, 4.69) is 23.5 Å². The van der Waals surface area contributed by atoms with Crippen molar-refractivity contribution in [2.45, 2.75) is 25.4 Å². The molecule has 1 N–H and O–H groups in total. The Labute approximate surface area is 107 Å². The van der Waals surface area contributed by atoms with Crippen LogP contribution in [-0.4, -0.2) is 36.7 Å². The lowest BCUT2D eigenvalue weighted by Gasteiger charge is -2.29. The Morgan fingerprint density at radius 3 is 2.94 bits per heavy atom. The maximum atomic E-state index is 12.1. The lowest BCUT2D eigenvalue weighted by atomic mass is 10.0. The van der Waals surface area contributed by atoms with E-state index in [9.17, 15) is 4.79 Å². The second-order valence-electron chi connectivity index (χ2n) is 4.95. The fraction of sp³-hybridized carbons (Fsp3) is 0.500. The zero-order valence-corrected chi connectivity index (χ0v) is 10.4. The number of rotatable bonds is 1. The topological polar surface area (TPSA) is 41.6 Å². The first-order chi connectivity index (χ1) is 8.83. The van der Waals surface area contributed by atoms with Gasteiger partial charge in [-0.15, -0.1) is 0 Å². The lowest BCUT2D eigenvalue weighted by Crippen LogP contribution is -2.46. The second-order valence-corrected chi connectivity index (χ2v) is 4.95. The molecule has 3 rings (SSSR count). The molecule has 2 amide bonds. The molecule has 0 aliphatic carbocycles. The molecule has 1 atom stereocenters. The van der Waals surface area contributed by atoms with Gasteiger partial charge in [0.15, 0.2) is 0 Å². The van der Waals surface area contributed by atoms with Crippen molar-refractivity contribution in [1.29, 1.82) is 0 Å². The van der Waals surface area contributed by atoms with E-state index < -0.39 is 0 Å².